The number of benzene rings is 1. The number of rotatable bonds is 9. The summed E-state index contributed by atoms with van der Waals surface area (Å²) in [6.45, 7) is 9.34. The maximum absolute atomic E-state index is 11.3. The molecule has 1 fully saturated rings. The summed E-state index contributed by atoms with van der Waals surface area (Å²) in [7, 11) is 0. The zero-order valence-electron chi connectivity index (χ0n) is 16.4. The van der Waals surface area contributed by atoms with E-state index in [-0.39, 0.29) is 29.5 Å². The SMILES string of the molecule is CCCCO[C@H]1O[C@H](CSC(C)=O)[C@@H](C)[C@H](C)[C@H]1OCc1ccccc1. The van der Waals surface area contributed by atoms with E-state index in [1.807, 2.05) is 18.2 Å². The fourth-order valence-electron chi connectivity index (χ4n) is 3.12. The number of carbonyl (C=O) groups excluding carboxylic acids is 1. The molecular weight excluding hydrogens is 348 g/mol. The maximum atomic E-state index is 11.3. The van der Waals surface area contributed by atoms with E-state index in [9.17, 15) is 4.79 Å². The van der Waals surface area contributed by atoms with Gasteiger partial charge >= 0.3 is 0 Å². The first kappa shape index (κ1) is 21.4. The normalized spacial score (nSPS) is 28.8. The zero-order valence-corrected chi connectivity index (χ0v) is 17.2. The number of unbranched alkanes of at least 4 members (excludes halogenated alkanes) is 1. The Bertz CT molecular complexity index is 536. The zero-order chi connectivity index (χ0) is 18.9. The Labute approximate surface area is 162 Å². The van der Waals surface area contributed by atoms with Gasteiger partial charge in [0.05, 0.1) is 12.7 Å². The standard InChI is InChI=1S/C21H32O4S/c1-5-6-12-23-21-20(24-13-18-10-8-7-9-11-18)16(3)15(2)19(25-21)14-26-17(4)22/h7-11,15-16,19-21H,5-6,12-14H2,1-4H3/t15-,16-,19+,20+,21-/m0/s1. The second-order valence-corrected chi connectivity index (χ2v) is 8.25. The molecule has 0 unspecified atom stereocenters. The van der Waals surface area contributed by atoms with E-state index in [1.165, 1.54) is 11.8 Å². The molecule has 1 aromatic rings. The average molecular weight is 381 g/mol. The summed E-state index contributed by atoms with van der Waals surface area (Å²) in [5.74, 6) is 1.25. The topological polar surface area (TPSA) is 44.8 Å². The highest BCUT2D eigenvalue weighted by atomic mass is 32.2. The Hall–Kier alpha value is -0.880. The van der Waals surface area contributed by atoms with Crippen molar-refractivity contribution in [2.75, 3.05) is 12.4 Å². The van der Waals surface area contributed by atoms with Crippen molar-refractivity contribution in [2.24, 2.45) is 11.8 Å². The molecule has 1 heterocycles. The van der Waals surface area contributed by atoms with Crippen molar-refractivity contribution >= 4 is 16.9 Å². The van der Waals surface area contributed by atoms with Crippen LogP contribution < -0.4 is 0 Å². The molecule has 146 valence electrons. The molecule has 0 N–H and O–H groups in total. The monoisotopic (exact) mass is 380 g/mol. The largest absolute Gasteiger partial charge is 0.368 e. The smallest absolute Gasteiger partial charge is 0.185 e. The highest BCUT2D eigenvalue weighted by Crippen LogP contribution is 2.35. The molecule has 5 heteroatoms. The van der Waals surface area contributed by atoms with Crippen LogP contribution in [0.2, 0.25) is 0 Å². The lowest BCUT2D eigenvalue weighted by molar-refractivity contribution is -0.278. The summed E-state index contributed by atoms with van der Waals surface area (Å²) in [6.07, 6.45) is 1.59. The molecule has 0 saturated carbocycles. The minimum atomic E-state index is -0.381. The van der Waals surface area contributed by atoms with Crippen molar-refractivity contribution in [1.29, 1.82) is 0 Å². The fourth-order valence-corrected chi connectivity index (χ4v) is 3.91. The van der Waals surface area contributed by atoms with E-state index < -0.39 is 0 Å². The number of hydrogen-bond acceptors (Lipinski definition) is 5. The summed E-state index contributed by atoms with van der Waals surface area (Å²) in [5.41, 5.74) is 1.15. The van der Waals surface area contributed by atoms with Gasteiger partial charge in [-0.2, -0.15) is 0 Å². The molecule has 0 spiro atoms. The molecule has 1 aliphatic rings. The number of ether oxygens (including phenoxy) is 3. The Morgan fingerprint density at radius 3 is 2.54 bits per heavy atom. The molecule has 0 radical (unpaired) electrons. The second-order valence-electron chi connectivity index (χ2n) is 7.05. The van der Waals surface area contributed by atoms with Gasteiger partial charge in [-0.3, -0.25) is 4.79 Å². The Kier molecular flexibility index (Phi) is 9.12. The van der Waals surface area contributed by atoms with Crippen LogP contribution in [0.25, 0.3) is 0 Å². The predicted molar refractivity (Wildman–Crippen MR) is 106 cm³/mol. The molecule has 1 aliphatic heterocycles. The third-order valence-corrected chi connectivity index (χ3v) is 5.93. The van der Waals surface area contributed by atoms with Gasteiger partial charge < -0.3 is 14.2 Å². The Morgan fingerprint density at radius 2 is 1.88 bits per heavy atom. The van der Waals surface area contributed by atoms with Crippen molar-refractivity contribution in [3.05, 3.63) is 35.9 Å². The summed E-state index contributed by atoms with van der Waals surface area (Å²) < 4.78 is 18.5. The Balaban J connectivity index is 2.02. The van der Waals surface area contributed by atoms with E-state index in [0.717, 1.165) is 18.4 Å². The van der Waals surface area contributed by atoms with Crippen molar-refractivity contribution in [3.8, 4) is 0 Å². The third kappa shape index (κ3) is 6.38. The molecule has 0 aromatic heterocycles. The second kappa shape index (κ2) is 11.1. The Morgan fingerprint density at radius 1 is 1.15 bits per heavy atom. The van der Waals surface area contributed by atoms with Gasteiger partial charge in [0.25, 0.3) is 0 Å². The van der Waals surface area contributed by atoms with Crippen LogP contribution >= 0.6 is 11.8 Å². The van der Waals surface area contributed by atoms with Gasteiger partial charge in [-0.1, -0.05) is 69.3 Å². The van der Waals surface area contributed by atoms with Crippen LogP contribution in [0.3, 0.4) is 0 Å². The molecule has 4 nitrogen and oxygen atoms in total. The molecule has 1 saturated heterocycles. The van der Waals surface area contributed by atoms with Crippen molar-refractivity contribution in [2.45, 2.75) is 65.6 Å². The molecular formula is C21H32O4S. The fraction of sp³-hybridized carbons (Fsp3) is 0.667. The van der Waals surface area contributed by atoms with Gasteiger partial charge in [-0.05, 0) is 23.8 Å². The highest BCUT2D eigenvalue weighted by Gasteiger charge is 2.42. The first-order valence-electron chi connectivity index (χ1n) is 9.58. The van der Waals surface area contributed by atoms with Crippen molar-refractivity contribution in [3.63, 3.8) is 0 Å². The summed E-state index contributed by atoms with van der Waals surface area (Å²) in [5, 5.41) is 0.124. The third-order valence-electron chi connectivity index (χ3n) is 5.03. The number of hydrogen-bond donors (Lipinski definition) is 0. The predicted octanol–water partition coefficient (Wildman–Crippen LogP) is 4.67. The van der Waals surface area contributed by atoms with E-state index in [1.54, 1.807) is 6.92 Å². The summed E-state index contributed by atoms with van der Waals surface area (Å²) in [6, 6.07) is 10.2. The molecule has 2 rings (SSSR count). The molecule has 26 heavy (non-hydrogen) atoms. The van der Waals surface area contributed by atoms with Gasteiger partial charge in [-0.25, -0.2) is 0 Å². The summed E-state index contributed by atoms with van der Waals surface area (Å²) >= 11 is 1.33. The molecule has 1 aromatic carbocycles. The first-order valence-corrected chi connectivity index (χ1v) is 10.6. The van der Waals surface area contributed by atoms with E-state index in [0.29, 0.717) is 24.9 Å². The maximum Gasteiger partial charge on any atom is 0.185 e. The van der Waals surface area contributed by atoms with Gasteiger partial charge in [0.1, 0.15) is 6.10 Å². The van der Waals surface area contributed by atoms with Crippen molar-refractivity contribution < 1.29 is 19.0 Å². The van der Waals surface area contributed by atoms with Crippen LogP contribution in [0.1, 0.15) is 46.1 Å². The van der Waals surface area contributed by atoms with E-state index >= 15 is 0 Å². The van der Waals surface area contributed by atoms with Gasteiger partial charge in [0.2, 0.25) is 0 Å². The lowest BCUT2D eigenvalue weighted by atomic mass is 9.84. The molecule has 0 amide bonds. The quantitative estimate of drug-likeness (QED) is 0.583. The summed E-state index contributed by atoms with van der Waals surface area (Å²) in [4.78, 5) is 11.3. The lowest BCUT2D eigenvalue weighted by Gasteiger charge is -2.44. The molecule has 0 aliphatic carbocycles. The van der Waals surface area contributed by atoms with E-state index in [4.69, 9.17) is 14.2 Å². The number of carbonyl (C=O) groups is 1. The highest BCUT2D eigenvalue weighted by molar-refractivity contribution is 8.13. The van der Waals surface area contributed by atoms with E-state index in [2.05, 4.69) is 32.9 Å². The molecule has 0 bridgehead atoms. The van der Waals surface area contributed by atoms with Crippen LogP contribution in [0, 0.1) is 11.8 Å². The van der Waals surface area contributed by atoms with Gasteiger partial charge in [0, 0.05) is 19.3 Å². The number of thioether (sulfide) groups is 1. The average Bonchev–Trinajstić information content (AvgIpc) is 2.64. The first-order chi connectivity index (χ1) is 12.5. The van der Waals surface area contributed by atoms with Crippen LogP contribution in [0.5, 0.6) is 0 Å². The van der Waals surface area contributed by atoms with Crippen molar-refractivity contribution in [1.82, 2.24) is 0 Å². The minimum absolute atomic E-state index is 0.00195. The lowest BCUT2D eigenvalue weighted by Crippen LogP contribution is -2.52. The minimum Gasteiger partial charge on any atom is -0.368 e. The van der Waals surface area contributed by atoms with Gasteiger partial charge in [0.15, 0.2) is 11.4 Å². The van der Waals surface area contributed by atoms with Crippen LogP contribution in [0.15, 0.2) is 30.3 Å². The van der Waals surface area contributed by atoms with Crippen LogP contribution in [-0.2, 0) is 25.6 Å². The van der Waals surface area contributed by atoms with Crippen LogP contribution in [0.4, 0.5) is 0 Å². The van der Waals surface area contributed by atoms with Gasteiger partial charge in [-0.15, -0.1) is 0 Å². The molecule has 5 atom stereocenters. The van der Waals surface area contributed by atoms with Crippen LogP contribution in [-0.4, -0.2) is 36.0 Å².